The number of hydrogen-bond donors (Lipinski definition) is 3. The van der Waals surface area contributed by atoms with Gasteiger partial charge in [-0.15, -0.1) is 0 Å². The molecule has 0 radical (unpaired) electrons. The first-order chi connectivity index (χ1) is 13.5. The van der Waals surface area contributed by atoms with E-state index in [1.165, 1.54) is 0 Å². The third kappa shape index (κ3) is 3.19. The van der Waals surface area contributed by atoms with E-state index in [1.807, 2.05) is 6.92 Å². The van der Waals surface area contributed by atoms with E-state index < -0.39 is 13.7 Å². The van der Waals surface area contributed by atoms with E-state index in [9.17, 15) is 14.7 Å². The molecule has 1 aliphatic carbocycles. The summed E-state index contributed by atoms with van der Waals surface area (Å²) in [6, 6.07) is 3.25. The van der Waals surface area contributed by atoms with Crippen molar-refractivity contribution in [2.45, 2.75) is 38.0 Å². The highest BCUT2D eigenvalue weighted by atomic mass is 16.5. The molecule has 0 saturated carbocycles. The molecule has 4 rings (SSSR count). The van der Waals surface area contributed by atoms with Crippen molar-refractivity contribution in [3.8, 4) is 23.3 Å². The number of nitrogens with zero attached hydrogens (tertiary/aromatic N) is 1. The van der Waals surface area contributed by atoms with Crippen molar-refractivity contribution in [1.29, 1.82) is 0 Å². The molecule has 3 aliphatic rings. The van der Waals surface area contributed by atoms with E-state index in [0.29, 0.717) is 25.1 Å². The summed E-state index contributed by atoms with van der Waals surface area (Å²) in [5, 5.41) is 22.0. The van der Waals surface area contributed by atoms with Crippen LogP contribution in [0.2, 0.25) is 0 Å². The normalized spacial score (nSPS) is 24.9. The molecule has 9 heteroatoms. The second-order valence-electron chi connectivity index (χ2n) is 7.17. The van der Waals surface area contributed by atoms with Gasteiger partial charge >= 0.3 is 13.7 Å². The second kappa shape index (κ2) is 7.38. The summed E-state index contributed by atoms with van der Waals surface area (Å²) in [5.74, 6) is 5.48. The molecule has 1 aromatic rings. The van der Waals surface area contributed by atoms with Gasteiger partial charge in [0.1, 0.15) is 23.2 Å². The van der Waals surface area contributed by atoms with Crippen molar-refractivity contribution in [3.63, 3.8) is 0 Å². The summed E-state index contributed by atoms with van der Waals surface area (Å²) in [7, 11) is -0.622. The molecule has 2 aliphatic heterocycles. The van der Waals surface area contributed by atoms with Gasteiger partial charge in [-0.25, -0.2) is 4.79 Å². The lowest BCUT2D eigenvalue weighted by Crippen LogP contribution is -2.60. The fourth-order valence-electron chi connectivity index (χ4n) is 3.86. The van der Waals surface area contributed by atoms with Crippen LogP contribution in [0.1, 0.15) is 29.3 Å². The highest BCUT2D eigenvalue weighted by molar-refractivity contribution is 6.18. The summed E-state index contributed by atoms with van der Waals surface area (Å²) >= 11 is 0. The summed E-state index contributed by atoms with van der Waals surface area (Å²) in [6.45, 7) is 2.67. The first kappa shape index (κ1) is 18.7. The lowest BCUT2D eigenvalue weighted by molar-refractivity contribution is -0.142. The van der Waals surface area contributed by atoms with E-state index >= 15 is 0 Å². The van der Waals surface area contributed by atoms with E-state index in [4.69, 9.17) is 14.4 Å². The molecular weight excluding hydrogens is 363 g/mol. The molecule has 0 spiro atoms. The standard InChI is InChI=1S/C19H21BN2O6/c1-2-10-4-6-15(16(19(24)25)17(10)28-20-26)27-12-8-22(9-12)18(23)14-7-11-3-5-13(11)21-14/h4,6,11-14,20-21,26H,2,7-9H2,1H3,(H,24,25)/t11-,13-,14-/m0/s1. The quantitative estimate of drug-likeness (QED) is 0.431. The van der Waals surface area contributed by atoms with Gasteiger partial charge in [0, 0.05) is 5.92 Å². The topological polar surface area (TPSA) is 108 Å². The zero-order valence-corrected chi connectivity index (χ0v) is 15.5. The van der Waals surface area contributed by atoms with Gasteiger partial charge in [0.05, 0.1) is 25.2 Å². The molecule has 0 bridgehead atoms. The van der Waals surface area contributed by atoms with Crippen molar-refractivity contribution in [1.82, 2.24) is 10.2 Å². The van der Waals surface area contributed by atoms with Gasteiger partial charge in [-0.3, -0.25) is 10.1 Å². The molecule has 3 atom stereocenters. The maximum absolute atomic E-state index is 12.6. The van der Waals surface area contributed by atoms with Crippen molar-refractivity contribution in [3.05, 3.63) is 23.3 Å². The highest BCUT2D eigenvalue weighted by Crippen LogP contribution is 2.34. The number of carboxylic acid groups (broad SMARTS) is 1. The van der Waals surface area contributed by atoms with E-state index in [0.717, 1.165) is 6.42 Å². The van der Waals surface area contributed by atoms with Crippen LogP contribution in [0.15, 0.2) is 12.1 Å². The number of amides is 1. The van der Waals surface area contributed by atoms with Crippen LogP contribution in [-0.4, -0.2) is 65.9 Å². The molecule has 2 fully saturated rings. The molecule has 2 heterocycles. The molecular formula is C19H21BN2O6. The van der Waals surface area contributed by atoms with Gasteiger partial charge in [0.15, 0.2) is 0 Å². The average Bonchev–Trinajstić information content (AvgIpc) is 2.92. The predicted octanol–water partition coefficient (Wildman–Crippen LogP) is -0.462. The van der Waals surface area contributed by atoms with Crippen molar-refractivity contribution < 1.29 is 29.1 Å². The summed E-state index contributed by atoms with van der Waals surface area (Å²) in [5.41, 5.74) is 0.567. The number of nitrogens with one attached hydrogen (secondary N) is 1. The third-order valence-corrected chi connectivity index (χ3v) is 5.45. The SMILES string of the molecule is CCc1ccc(OC2CN(C(=O)[C@@H]3C[C@@H]4C#C[C@@H]4N3)C2)c(C(=O)O)c1OBO. The first-order valence-corrected chi connectivity index (χ1v) is 9.37. The number of carbonyl (C=O) groups excluding carboxylic acids is 1. The number of aromatic carboxylic acids is 1. The number of aryl methyl sites for hydroxylation is 1. The van der Waals surface area contributed by atoms with Gasteiger partial charge in [-0.05, 0) is 24.5 Å². The lowest BCUT2D eigenvalue weighted by Gasteiger charge is -2.40. The Morgan fingerprint density at radius 1 is 1.36 bits per heavy atom. The fraction of sp³-hybridized carbons (Fsp3) is 0.474. The Balaban J connectivity index is 1.41. The number of carboxylic acids is 1. The Morgan fingerprint density at radius 2 is 2.14 bits per heavy atom. The number of ether oxygens (including phenoxy) is 1. The molecule has 8 nitrogen and oxygen atoms in total. The van der Waals surface area contributed by atoms with Crippen LogP contribution in [0, 0.1) is 17.8 Å². The van der Waals surface area contributed by atoms with Crippen LogP contribution < -0.4 is 14.7 Å². The zero-order chi connectivity index (χ0) is 19.8. The molecule has 0 unspecified atom stereocenters. The fourth-order valence-corrected chi connectivity index (χ4v) is 3.86. The Labute approximate surface area is 163 Å². The van der Waals surface area contributed by atoms with Crippen LogP contribution in [0.25, 0.3) is 0 Å². The van der Waals surface area contributed by atoms with Crippen molar-refractivity contribution >= 4 is 19.6 Å². The van der Waals surface area contributed by atoms with Gasteiger partial charge in [0.25, 0.3) is 0 Å². The largest absolute Gasteiger partial charge is 0.538 e. The van der Waals surface area contributed by atoms with Gasteiger partial charge in [-0.1, -0.05) is 24.8 Å². The van der Waals surface area contributed by atoms with Crippen LogP contribution >= 0.6 is 0 Å². The van der Waals surface area contributed by atoms with Crippen LogP contribution in [-0.2, 0) is 11.2 Å². The molecule has 1 aromatic carbocycles. The van der Waals surface area contributed by atoms with E-state index in [-0.39, 0.29) is 47.1 Å². The van der Waals surface area contributed by atoms with Gasteiger partial charge < -0.3 is 24.4 Å². The minimum absolute atomic E-state index is 0.0296. The monoisotopic (exact) mass is 384 g/mol. The lowest BCUT2D eigenvalue weighted by atomic mass is 9.92. The maximum atomic E-state index is 12.6. The minimum atomic E-state index is -1.19. The molecule has 2 saturated heterocycles. The Kier molecular flexibility index (Phi) is 4.91. The number of carbonyl (C=O) groups is 2. The maximum Gasteiger partial charge on any atom is 0.504 e. The molecule has 146 valence electrons. The van der Waals surface area contributed by atoms with Crippen molar-refractivity contribution in [2.75, 3.05) is 13.1 Å². The van der Waals surface area contributed by atoms with Gasteiger partial charge in [-0.2, -0.15) is 0 Å². The summed E-state index contributed by atoms with van der Waals surface area (Å²) < 4.78 is 11.0. The Bertz CT molecular complexity index is 857. The minimum Gasteiger partial charge on any atom is -0.538 e. The Morgan fingerprint density at radius 3 is 2.68 bits per heavy atom. The number of benzene rings is 1. The smallest absolute Gasteiger partial charge is 0.504 e. The van der Waals surface area contributed by atoms with Crippen molar-refractivity contribution in [2.24, 2.45) is 5.92 Å². The number of fused-ring (bicyclic) bond motifs is 1. The predicted molar refractivity (Wildman–Crippen MR) is 100 cm³/mol. The van der Waals surface area contributed by atoms with E-state index in [1.54, 1.807) is 17.0 Å². The van der Waals surface area contributed by atoms with E-state index in [2.05, 4.69) is 17.2 Å². The zero-order valence-electron chi connectivity index (χ0n) is 15.5. The number of rotatable bonds is 7. The number of likely N-dealkylation sites (tertiary alicyclic amines) is 1. The second-order valence-corrected chi connectivity index (χ2v) is 7.17. The molecule has 28 heavy (non-hydrogen) atoms. The third-order valence-electron chi connectivity index (χ3n) is 5.45. The molecule has 0 aromatic heterocycles. The van der Waals surface area contributed by atoms with Crippen LogP contribution in [0.4, 0.5) is 0 Å². The molecule has 1 amide bonds. The molecule has 3 N–H and O–H groups in total. The number of hydrogen-bond acceptors (Lipinski definition) is 6. The van der Waals surface area contributed by atoms with Crippen LogP contribution in [0.3, 0.4) is 0 Å². The highest BCUT2D eigenvalue weighted by Gasteiger charge is 2.43. The van der Waals surface area contributed by atoms with Crippen LogP contribution in [0.5, 0.6) is 11.5 Å². The summed E-state index contributed by atoms with van der Waals surface area (Å²) in [4.78, 5) is 26.0. The Hall–Kier alpha value is -2.70. The average molecular weight is 384 g/mol. The first-order valence-electron chi connectivity index (χ1n) is 9.37. The summed E-state index contributed by atoms with van der Waals surface area (Å²) in [6.07, 6.45) is 1.01. The van der Waals surface area contributed by atoms with Gasteiger partial charge in [0.2, 0.25) is 5.91 Å².